The molecule has 0 aromatic heterocycles. The Balaban J connectivity index is 1.12. The van der Waals surface area contributed by atoms with Crippen LogP contribution in [0.15, 0.2) is 172 Å². The van der Waals surface area contributed by atoms with Crippen LogP contribution in [-0.4, -0.2) is 0 Å². The molecule has 0 radical (unpaired) electrons. The van der Waals surface area contributed by atoms with Crippen LogP contribution in [0.2, 0.25) is 0 Å². The van der Waals surface area contributed by atoms with Crippen molar-refractivity contribution in [2.75, 3.05) is 0 Å². The maximum atomic E-state index is 6.58. The molecule has 0 unspecified atom stereocenters. The maximum absolute atomic E-state index is 6.58. The van der Waals surface area contributed by atoms with Crippen LogP contribution in [0, 0.1) is 55.4 Å². The second-order valence-electron chi connectivity index (χ2n) is 20.9. The molecule has 0 aliphatic heterocycles. The molecule has 77 heavy (non-hydrogen) atoms. The van der Waals surface area contributed by atoms with Gasteiger partial charge in [0.05, 0.1) is 0 Å². The summed E-state index contributed by atoms with van der Waals surface area (Å²) in [5.41, 5.74) is 23.1. The molecular weight excluding hydrogens is 941 g/mol. The molecule has 0 atom stereocenters. The van der Waals surface area contributed by atoms with Gasteiger partial charge in [0.2, 0.25) is 0 Å². The monoisotopic (exact) mass is 1020 g/mol. The van der Waals surface area contributed by atoms with E-state index < -0.39 is 0 Å². The predicted octanol–water partition coefficient (Wildman–Crippen LogP) is 19.2. The molecule has 0 heterocycles. The van der Waals surface area contributed by atoms with E-state index in [4.69, 9.17) is 18.9 Å². The van der Waals surface area contributed by atoms with Gasteiger partial charge in [0.15, 0.2) is 0 Å². The van der Waals surface area contributed by atoms with Crippen molar-refractivity contribution in [1.29, 1.82) is 0 Å². The van der Waals surface area contributed by atoms with Gasteiger partial charge in [-0.2, -0.15) is 0 Å². The summed E-state index contributed by atoms with van der Waals surface area (Å²) in [6, 6.07) is 52.4. The first-order valence-corrected chi connectivity index (χ1v) is 27.0. The Hall–Kier alpha value is -8.08. The highest BCUT2D eigenvalue weighted by atomic mass is 16.5. The molecule has 4 nitrogen and oxygen atoms in total. The molecule has 8 aromatic rings. The lowest BCUT2D eigenvalue weighted by atomic mass is 9.80. The smallest absolute Gasteiger partial charge is 0.125 e. The van der Waals surface area contributed by atoms with E-state index in [1.165, 1.54) is 22.3 Å². The zero-order chi connectivity index (χ0) is 54.6. The fourth-order valence-electron chi connectivity index (χ4n) is 10.8. The number of aryl methyl sites for hydroxylation is 8. The molecule has 0 amide bonds. The summed E-state index contributed by atoms with van der Waals surface area (Å²) in [6.07, 6.45) is 10.3. The molecule has 0 saturated heterocycles. The molecule has 0 N–H and O–H groups in total. The molecule has 0 bridgehead atoms. The predicted molar refractivity (Wildman–Crippen MR) is 325 cm³/mol. The molecular formula is C73H76O4. The van der Waals surface area contributed by atoms with Gasteiger partial charge in [-0.3, -0.25) is 0 Å². The third-order valence-electron chi connectivity index (χ3n) is 14.9. The first-order valence-electron chi connectivity index (χ1n) is 27.0. The van der Waals surface area contributed by atoms with E-state index in [0.29, 0.717) is 26.4 Å². The van der Waals surface area contributed by atoms with E-state index in [-0.39, 0.29) is 11.8 Å². The van der Waals surface area contributed by atoms with Crippen molar-refractivity contribution < 1.29 is 18.9 Å². The zero-order valence-electron chi connectivity index (χ0n) is 46.7. The fourth-order valence-corrected chi connectivity index (χ4v) is 10.8. The Morgan fingerprint density at radius 1 is 0.299 bits per heavy atom. The van der Waals surface area contributed by atoms with Crippen LogP contribution in [0.25, 0.3) is 24.3 Å². The Morgan fingerprint density at radius 2 is 0.481 bits per heavy atom. The van der Waals surface area contributed by atoms with E-state index >= 15 is 0 Å². The number of benzene rings is 8. The van der Waals surface area contributed by atoms with Crippen LogP contribution in [0.5, 0.6) is 23.0 Å². The molecule has 4 heteroatoms. The number of hydrogen-bond donors (Lipinski definition) is 0. The van der Waals surface area contributed by atoms with Gasteiger partial charge in [-0.15, -0.1) is 0 Å². The van der Waals surface area contributed by atoms with Gasteiger partial charge < -0.3 is 18.9 Å². The summed E-state index contributed by atoms with van der Waals surface area (Å²) in [5, 5.41) is 0. The largest absolute Gasteiger partial charge is 0.488 e. The normalized spacial score (nSPS) is 11.1. The summed E-state index contributed by atoms with van der Waals surface area (Å²) in [6.45, 7) is 35.1. The van der Waals surface area contributed by atoms with Crippen molar-refractivity contribution in [2.45, 2.75) is 113 Å². The molecule has 0 saturated carbocycles. The molecule has 0 fully saturated rings. The first kappa shape index (κ1) is 55.2. The lowest BCUT2D eigenvalue weighted by Gasteiger charge is -2.26. The summed E-state index contributed by atoms with van der Waals surface area (Å²) >= 11 is 0. The molecule has 392 valence electrons. The lowest BCUT2D eigenvalue weighted by molar-refractivity contribution is 0.301. The van der Waals surface area contributed by atoms with Crippen LogP contribution in [0.4, 0.5) is 0 Å². The Bertz CT molecular complexity index is 2810. The summed E-state index contributed by atoms with van der Waals surface area (Å²) in [7, 11) is 0. The van der Waals surface area contributed by atoms with Crippen molar-refractivity contribution in [3.63, 3.8) is 0 Å². The molecule has 0 aliphatic carbocycles. The third-order valence-corrected chi connectivity index (χ3v) is 14.9. The van der Waals surface area contributed by atoms with E-state index in [0.717, 1.165) is 131 Å². The fraction of sp³-hybridized carbons (Fsp3) is 0.233. The van der Waals surface area contributed by atoms with E-state index in [2.05, 4.69) is 227 Å². The SMILES string of the molecule is C=Cc1ccc(COc2c(C)cc(C(CCCC(c3cc(C)c(OCc4ccc(C=C)cc4)c(C)c3)c3cc(C)c(OCc4ccc(C=C)cc4)c(C)c3)c3cc(C)c(OCc4ccc(C=C)cc4)c(C)c3)cc2C)cc1. The summed E-state index contributed by atoms with van der Waals surface area (Å²) < 4.78 is 26.3. The van der Waals surface area contributed by atoms with E-state index in [1.807, 2.05) is 24.3 Å². The average Bonchev–Trinajstić information content (AvgIpc) is 3.44. The van der Waals surface area contributed by atoms with Gasteiger partial charge in [-0.1, -0.05) is 203 Å². The minimum Gasteiger partial charge on any atom is -0.488 e. The Labute approximate surface area is 460 Å². The highest BCUT2D eigenvalue weighted by Crippen LogP contribution is 2.42. The third kappa shape index (κ3) is 13.9. The van der Waals surface area contributed by atoms with Crippen molar-refractivity contribution in [2.24, 2.45) is 0 Å². The number of ether oxygens (including phenoxy) is 4. The summed E-state index contributed by atoms with van der Waals surface area (Å²) in [5.74, 6) is 3.97. The van der Waals surface area contributed by atoms with Crippen molar-refractivity contribution in [3.05, 3.63) is 283 Å². The van der Waals surface area contributed by atoms with Gasteiger partial charge in [0, 0.05) is 11.8 Å². The van der Waals surface area contributed by atoms with Crippen LogP contribution in [0.1, 0.15) is 142 Å². The van der Waals surface area contributed by atoms with Gasteiger partial charge in [-0.25, -0.2) is 0 Å². The highest BCUT2D eigenvalue weighted by molar-refractivity contribution is 5.54. The molecule has 8 aromatic carbocycles. The molecule has 0 spiro atoms. The van der Waals surface area contributed by atoms with E-state index in [1.54, 1.807) is 0 Å². The first-order chi connectivity index (χ1) is 37.2. The average molecular weight is 1020 g/mol. The van der Waals surface area contributed by atoms with Gasteiger partial charge >= 0.3 is 0 Å². The van der Waals surface area contributed by atoms with Gasteiger partial charge in [0.1, 0.15) is 49.4 Å². The standard InChI is InChI=1S/C73H76O4/c1-13-56-20-28-60(29-21-56)44-74-70-48(5)36-64(37-49(70)6)68(65-38-50(7)71(51(8)39-65)75-45-61-30-22-57(14-2)23-31-61)18-17-19-69(66-40-52(9)72(53(10)41-66)76-46-62-32-24-58(15-3)25-33-62)67-42-54(11)73(55(12)43-67)77-47-63-34-26-59(16-4)27-35-63/h13-16,20-43,68-69H,1-4,17-19,44-47H2,5-12H3. The van der Waals surface area contributed by atoms with Crippen molar-refractivity contribution in [3.8, 4) is 23.0 Å². The van der Waals surface area contributed by atoms with Gasteiger partial charge in [0.25, 0.3) is 0 Å². The van der Waals surface area contributed by atoms with Gasteiger partial charge in [-0.05, 0) is 180 Å². The minimum atomic E-state index is 0.117. The number of rotatable bonds is 24. The topological polar surface area (TPSA) is 36.9 Å². The Kier molecular flexibility index (Phi) is 18.4. The van der Waals surface area contributed by atoms with Crippen LogP contribution in [0.3, 0.4) is 0 Å². The molecule has 8 rings (SSSR count). The van der Waals surface area contributed by atoms with Crippen LogP contribution < -0.4 is 18.9 Å². The Morgan fingerprint density at radius 3 is 0.649 bits per heavy atom. The zero-order valence-corrected chi connectivity index (χ0v) is 46.7. The second-order valence-corrected chi connectivity index (χ2v) is 20.9. The van der Waals surface area contributed by atoms with Crippen LogP contribution in [-0.2, 0) is 26.4 Å². The molecule has 0 aliphatic rings. The summed E-state index contributed by atoms with van der Waals surface area (Å²) in [4.78, 5) is 0. The van der Waals surface area contributed by atoms with Crippen LogP contribution >= 0.6 is 0 Å². The van der Waals surface area contributed by atoms with Crippen molar-refractivity contribution >= 4 is 24.3 Å². The second kappa shape index (κ2) is 25.6. The minimum absolute atomic E-state index is 0.117. The quantitative estimate of drug-likeness (QED) is 0.0604. The maximum Gasteiger partial charge on any atom is 0.125 e. The highest BCUT2D eigenvalue weighted by Gasteiger charge is 2.24. The lowest BCUT2D eigenvalue weighted by Crippen LogP contribution is -2.09. The number of hydrogen-bond acceptors (Lipinski definition) is 4. The van der Waals surface area contributed by atoms with Crippen molar-refractivity contribution in [1.82, 2.24) is 0 Å². The van der Waals surface area contributed by atoms with E-state index in [9.17, 15) is 0 Å².